The van der Waals surface area contributed by atoms with E-state index in [1.807, 2.05) is 49.4 Å². The second kappa shape index (κ2) is 8.48. The van der Waals surface area contributed by atoms with Crippen molar-refractivity contribution in [1.82, 2.24) is 4.90 Å². The second-order valence-electron chi connectivity index (χ2n) is 5.49. The minimum Gasteiger partial charge on any atom is -0.481 e. The van der Waals surface area contributed by atoms with Gasteiger partial charge in [0.1, 0.15) is 0 Å². The van der Waals surface area contributed by atoms with Crippen LogP contribution in [0.1, 0.15) is 28.2 Å². The van der Waals surface area contributed by atoms with Crippen molar-refractivity contribution in [1.29, 1.82) is 0 Å². The van der Waals surface area contributed by atoms with Gasteiger partial charge in [0.15, 0.2) is 0 Å². The van der Waals surface area contributed by atoms with E-state index in [-0.39, 0.29) is 12.3 Å². The van der Waals surface area contributed by atoms with Crippen LogP contribution in [0.3, 0.4) is 0 Å². The monoisotopic (exact) mass is 331 g/mol. The number of benzene rings is 1. The Hall–Kier alpha value is -2.14. The molecule has 1 heterocycles. The number of rotatable bonds is 8. The van der Waals surface area contributed by atoms with Gasteiger partial charge in [-0.15, -0.1) is 11.3 Å². The highest BCUT2D eigenvalue weighted by molar-refractivity contribution is 7.12. The molecule has 0 aliphatic carbocycles. The van der Waals surface area contributed by atoms with Crippen LogP contribution in [-0.4, -0.2) is 28.4 Å². The third-order valence-corrected chi connectivity index (χ3v) is 4.51. The summed E-state index contributed by atoms with van der Waals surface area (Å²) >= 11 is 1.63. The van der Waals surface area contributed by atoms with Gasteiger partial charge >= 0.3 is 5.97 Å². The summed E-state index contributed by atoms with van der Waals surface area (Å²) in [6, 6.07) is 13.8. The van der Waals surface area contributed by atoms with Crippen molar-refractivity contribution in [2.45, 2.75) is 32.7 Å². The number of carbonyl (C=O) groups is 2. The van der Waals surface area contributed by atoms with Crippen molar-refractivity contribution in [2.24, 2.45) is 0 Å². The number of aryl methyl sites for hydroxylation is 1. The average Bonchev–Trinajstić information content (AvgIpc) is 2.92. The smallest absolute Gasteiger partial charge is 0.303 e. The van der Waals surface area contributed by atoms with Crippen LogP contribution in [0.4, 0.5) is 0 Å². The van der Waals surface area contributed by atoms with E-state index in [0.29, 0.717) is 25.9 Å². The molecule has 0 aliphatic rings. The Morgan fingerprint density at radius 3 is 2.48 bits per heavy atom. The van der Waals surface area contributed by atoms with Crippen LogP contribution < -0.4 is 0 Å². The predicted molar refractivity (Wildman–Crippen MR) is 91.5 cm³/mol. The fourth-order valence-corrected chi connectivity index (χ4v) is 3.24. The van der Waals surface area contributed by atoms with E-state index >= 15 is 0 Å². The molecule has 5 heteroatoms. The molecule has 23 heavy (non-hydrogen) atoms. The molecule has 2 rings (SSSR count). The molecule has 1 amide bonds. The van der Waals surface area contributed by atoms with Crippen molar-refractivity contribution in [2.75, 3.05) is 6.54 Å². The van der Waals surface area contributed by atoms with Crippen LogP contribution in [-0.2, 0) is 22.6 Å². The molecule has 1 aromatic carbocycles. The number of amides is 1. The van der Waals surface area contributed by atoms with Crippen molar-refractivity contribution < 1.29 is 14.7 Å². The SMILES string of the molecule is Cc1ccc(CC(=O)N(CCCC(=O)O)Cc2ccccc2)s1. The Balaban J connectivity index is 2.01. The van der Waals surface area contributed by atoms with Crippen molar-refractivity contribution >= 4 is 23.2 Å². The van der Waals surface area contributed by atoms with Gasteiger partial charge in [0.05, 0.1) is 6.42 Å². The third kappa shape index (κ3) is 5.87. The number of hydrogen-bond acceptors (Lipinski definition) is 3. The third-order valence-electron chi connectivity index (χ3n) is 3.51. The van der Waals surface area contributed by atoms with Gasteiger partial charge in [0, 0.05) is 29.3 Å². The van der Waals surface area contributed by atoms with E-state index in [9.17, 15) is 9.59 Å². The van der Waals surface area contributed by atoms with Crippen molar-refractivity contribution in [3.63, 3.8) is 0 Å². The molecule has 1 aromatic heterocycles. The number of carboxylic acid groups (broad SMARTS) is 1. The Kier molecular flexibility index (Phi) is 6.35. The minimum absolute atomic E-state index is 0.0427. The molecule has 0 atom stereocenters. The summed E-state index contributed by atoms with van der Waals surface area (Å²) < 4.78 is 0. The number of carbonyl (C=O) groups excluding carboxylic acids is 1. The first-order valence-electron chi connectivity index (χ1n) is 7.63. The highest BCUT2D eigenvalue weighted by Crippen LogP contribution is 2.17. The van der Waals surface area contributed by atoms with Crippen LogP contribution in [0.25, 0.3) is 0 Å². The first kappa shape index (κ1) is 17.2. The Labute approximate surface area is 140 Å². The molecule has 0 aliphatic heterocycles. The van der Waals surface area contributed by atoms with Gasteiger partial charge in [-0.25, -0.2) is 0 Å². The topological polar surface area (TPSA) is 57.6 Å². The number of aliphatic carboxylic acids is 1. The molecule has 0 fully saturated rings. The summed E-state index contributed by atoms with van der Waals surface area (Å²) in [5, 5.41) is 8.79. The molecular weight excluding hydrogens is 310 g/mol. The molecule has 1 N–H and O–H groups in total. The zero-order valence-corrected chi connectivity index (χ0v) is 14.0. The fraction of sp³-hybridized carbons (Fsp3) is 0.333. The number of hydrogen-bond donors (Lipinski definition) is 1. The summed E-state index contributed by atoms with van der Waals surface area (Å²) in [6.45, 7) is 3.00. The summed E-state index contributed by atoms with van der Waals surface area (Å²) in [4.78, 5) is 27.3. The van der Waals surface area contributed by atoms with E-state index in [1.165, 1.54) is 4.88 Å². The van der Waals surface area contributed by atoms with Crippen LogP contribution in [0.15, 0.2) is 42.5 Å². The molecule has 0 radical (unpaired) electrons. The zero-order chi connectivity index (χ0) is 16.7. The zero-order valence-electron chi connectivity index (χ0n) is 13.2. The minimum atomic E-state index is -0.828. The first-order chi connectivity index (χ1) is 11.0. The van der Waals surface area contributed by atoms with Crippen molar-refractivity contribution in [3.8, 4) is 0 Å². The highest BCUT2D eigenvalue weighted by atomic mass is 32.1. The van der Waals surface area contributed by atoms with E-state index in [4.69, 9.17) is 5.11 Å². The maximum absolute atomic E-state index is 12.6. The van der Waals surface area contributed by atoms with E-state index in [1.54, 1.807) is 16.2 Å². The standard InChI is InChI=1S/C18H21NO3S/c1-14-9-10-16(23-14)12-17(20)19(11-5-8-18(21)22)13-15-6-3-2-4-7-15/h2-4,6-7,9-10H,5,8,11-13H2,1H3,(H,21,22). The summed E-state index contributed by atoms with van der Waals surface area (Å²) in [5.41, 5.74) is 1.05. The Morgan fingerprint density at radius 1 is 1.13 bits per heavy atom. The summed E-state index contributed by atoms with van der Waals surface area (Å²) in [7, 11) is 0. The maximum Gasteiger partial charge on any atom is 0.303 e. The average molecular weight is 331 g/mol. The Bertz CT molecular complexity index is 651. The molecule has 0 saturated carbocycles. The van der Waals surface area contributed by atoms with Gasteiger partial charge in [0.2, 0.25) is 5.91 Å². The van der Waals surface area contributed by atoms with Gasteiger partial charge in [-0.3, -0.25) is 9.59 Å². The van der Waals surface area contributed by atoms with Crippen LogP contribution in [0.5, 0.6) is 0 Å². The van der Waals surface area contributed by atoms with Gasteiger partial charge in [-0.1, -0.05) is 30.3 Å². The molecule has 0 spiro atoms. The molecule has 0 bridgehead atoms. The highest BCUT2D eigenvalue weighted by Gasteiger charge is 2.15. The largest absolute Gasteiger partial charge is 0.481 e. The number of nitrogens with zero attached hydrogens (tertiary/aromatic N) is 1. The molecular formula is C18H21NO3S. The molecule has 122 valence electrons. The van der Waals surface area contributed by atoms with Crippen molar-refractivity contribution in [3.05, 3.63) is 57.8 Å². The molecule has 0 unspecified atom stereocenters. The lowest BCUT2D eigenvalue weighted by Gasteiger charge is -2.22. The second-order valence-corrected chi connectivity index (χ2v) is 6.86. The van der Waals surface area contributed by atoms with Crippen LogP contribution in [0, 0.1) is 6.92 Å². The normalized spacial score (nSPS) is 10.5. The summed E-state index contributed by atoms with van der Waals surface area (Å²) in [5.74, 6) is -0.785. The lowest BCUT2D eigenvalue weighted by Crippen LogP contribution is -2.32. The van der Waals surface area contributed by atoms with Gasteiger partial charge < -0.3 is 10.0 Å². The fourth-order valence-electron chi connectivity index (χ4n) is 2.36. The van der Waals surface area contributed by atoms with E-state index in [0.717, 1.165) is 10.4 Å². The lowest BCUT2D eigenvalue weighted by atomic mass is 10.2. The van der Waals surface area contributed by atoms with Gasteiger partial charge in [-0.05, 0) is 31.0 Å². The lowest BCUT2D eigenvalue weighted by molar-refractivity contribution is -0.138. The molecule has 2 aromatic rings. The quantitative estimate of drug-likeness (QED) is 0.805. The van der Waals surface area contributed by atoms with E-state index < -0.39 is 5.97 Å². The number of thiophene rings is 1. The molecule has 0 saturated heterocycles. The van der Waals surface area contributed by atoms with Gasteiger partial charge in [-0.2, -0.15) is 0 Å². The maximum atomic E-state index is 12.6. The predicted octanol–water partition coefficient (Wildman–Crippen LogP) is 3.49. The number of carboxylic acids is 1. The van der Waals surface area contributed by atoms with E-state index in [2.05, 4.69) is 0 Å². The first-order valence-corrected chi connectivity index (χ1v) is 8.45. The molecule has 4 nitrogen and oxygen atoms in total. The van der Waals surface area contributed by atoms with Gasteiger partial charge in [0.25, 0.3) is 0 Å². The van der Waals surface area contributed by atoms with Crippen LogP contribution >= 0.6 is 11.3 Å². The van der Waals surface area contributed by atoms with Crippen LogP contribution in [0.2, 0.25) is 0 Å². The summed E-state index contributed by atoms with van der Waals surface area (Å²) in [6.07, 6.45) is 0.923. The Morgan fingerprint density at radius 2 is 1.87 bits per heavy atom.